The number of fused-ring (bicyclic) bond motifs is 1. The Kier molecular flexibility index (Phi) is 4.51. The van der Waals surface area contributed by atoms with E-state index in [4.69, 9.17) is 9.47 Å². The quantitative estimate of drug-likeness (QED) is 0.270. The van der Waals surface area contributed by atoms with Crippen LogP contribution in [-0.4, -0.2) is 109 Å². The van der Waals surface area contributed by atoms with Crippen molar-refractivity contribution >= 4 is 0 Å². The third kappa shape index (κ3) is 2.61. The van der Waals surface area contributed by atoms with Gasteiger partial charge in [0.15, 0.2) is 5.76 Å². The van der Waals surface area contributed by atoms with Gasteiger partial charge in [0.2, 0.25) is 6.29 Å². The molecule has 0 amide bonds. The molecule has 3 rings (SSSR count). The molecule has 10 nitrogen and oxygen atoms in total. The van der Waals surface area contributed by atoms with Crippen LogP contribution in [0.15, 0.2) is 12.0 Å². The van der Waals surface area contributed by atoms with Gasteiger partial charge in [0.1, 0.15) is 24.6 Å². The maximum Gasteiger partial charge on any atom is 0.228 e. The van der Waals surface area contributed by atoms with E-state index >= 15 is 0 Å². The van der Waals surface area contributed by atoms with Crippen LogP contribution in [0, 0.1) is 0 Å². The highest BCUT2D eigenvalue weighted by Gasteiger charge is 2.57. The summed E-state index contributed by atoms with van der Waals surface area (Å²) in [5.41, 5.74) is 0. The normalized spacial score (nSPS) is 50.5. The van der Waals surface area contributed by atoms with Gasteiger partial charge in [-0.1, -0.05) is 0 Å². The van der Waals surface area contributed by atoms with Gasteiger partial charge in [0.25, 0.3) is 0 Å². The van der Waals surface area contributed by atoms with E-state index < -0.39 is 67.4 Å². The van der Waals surface area contributed by atoms with Gasteiger partial charge in [0, 0.05) is 6.54 Å². The van der Waals surface area contributed by atoms with Crippen LogP contribution in [0.2, 0.25) is 0 Å². The van der Waals surface area contributed by atoms with E-state index in [0.717, 1.165) is 6.26 Å². The van der Waals surface area contributed by atoms with Crippen LogP contribution in [0.5, 0.6) is 0 Å². The second kappa shape index (κ2) is 6.15. The molecule has 0 aliphatic carbocycles. The molecule has 3 aliphatic heterocycles. The molecule has 0 aromatic carbocycles. The zero-order valence-electron chi connectivity index (χ0n) is 12.1. The molecule has 10 heteroatoms. The maximum absolute atomic E-state index is 10.3. The van der Waals surface area contributed by atoms with E-state index in [1.807, 2.05) is 0 Å². The van der Waals surface area contributed by atoms with Gasteiger partial charge in [-0.15, -0.1) is 0 Å². The predicted octanol–water partition coefficient (Wildman–Crippen LogP) is -4.01. The zero-order chi connectivity index (χ0) is 16.9. The predicted molar refractivity (Wildman–Crippen MR) is 71.9 cm³/mol. The minimum Gasteiger partial charge on any atom is -0.506 e. The second-order valence-electron chi connectivity index (χ2n) is 6.07. The highest BCUT2D eigenvalue weighted by Crippen LogP contribution is 2.35. The summed E-state index contributed by atoms with van der Waals surface area (Å²) in [7, 11) is 0. The fourth-order valence-electron chi connectivity index (χ4n) is 3.47. The van der Waals surface area contributed by atoms with Crippen molar-refractivity contribution < 1.29 is 45.2 Å². The lowest BCUT2D eigenvalue weighted by atomic mass is 10.0. The van der Waals surface area contributed by atoms with Crippen LogP contribution in [0.4, 0.5) is 0 Å². The molecule has 132 valence electrons. The van der Waals surface area contributed by atoms with Crippen LogP contribution in [0.1, 0.15) is 0 Å². The summed E-state index contributed by atoms with van der Waals surface area (Å²) in [6, 6.07) is -1.55. The van der Waals surface area contributed by atoms with Gasteiger partial charge in [-0.05, 0) is 0 Å². The second-order valence-corrected chi connectivity index (χ2v) is 6.07. The molecule has 7 N–H and O–H groups in total. The van der Waals surface area contributed by atoms with Crippen molar-refractivity contribution in [2.24, 2.45) is 0 Å². The van der Waals surface area contributed by atoms with E-state index in [0.29, 0.717) is 0 Å². The van der Waals surface area contributed by atoms with Gasteiger partial charge in [-0.3, -0.25) is 4.90 Å². The van der Waals surface area contributed by atoms with Crippen LogP contribution >= 0.6 is 0 Å². The SMILES string of the molecule is OC[C@@H]1[C@@H](O)[C@H](O)[C@H]2[C@H](O)[C@@H](O[C@H]3OC=C(O)C(O)C3O)CN21. The molecule has 2 fully saturated rings. The van der Waals surface area contributed by atoms with Crippen LogP contribution in [0.25, 0.3) is 0 Å². The average molecular weight is 335 g/mol. The zero-order valence-corrected chi connectivity index (χ0v) is 12.1. The summed E-state index contributed by atoms with van der Waals surface area (Å²) in [6.07, 6.45) is -8.08. The summed E-state index contributed by atoms with van der Waals surface area (Å²) in [5.74, 6) is -0.538. The van der Waals surface area contributed by atoms with Crippen molar-refractivity contribution in [1.82, 2.24) is 4.90 Å². The molecule has 3 heterocycles. The molecule has 0 radical (unpaired) electrons. The minimum atomic E-state index is -1.57. The first-order valence-electron chi connectivity index (χ1n) is 7.33. The van der Waals surface area contributed by atoms with Crippen LogP contribution in [-0.2, 0) is 9.47 Å². The number of nitrogens with zero attached hydrogens (tertiary/aromatic N) is 1. The van der Waals surface area contributed by atoms with Crippen molar-refractivity contribution in [2.45, 2.75) is 55.0 Å². The molecule has 0 aromatic rings. The lowest BCUT2D eigenvalue weighted by Gasteiger charge is -2.32. The van der Waals surface area contributed by atoms with Crippen molar-refractivity contribution in [3.8, 4) is 0 Å². The summed E-state index contributed by atoms with van der Waals surface area (Å²) in [6.45, 7) is -0.310. The molecule has 0 aromatic heterocycles. The molecular weight excluding hydrogens is 314 g/mol. The first-order chi connectivity index (χ1) is 10.9. The molecule has 2 unspecified atom stereocenters. The van der Waals surface area contributed by atoms with Gasteiger partial charge >= 0.3 is 0 Å². The summed E-state index contributed by atoms with van der Waals surface area (Å²) >= 11 is 0. The van der Waals surface area contributed by atoms with E-state index in [1.165, 1.54) is 0 Å². The number of aliphatic hydroxyl groups is 7. The molecular formula is C13H21NO9. The molecule has 0 bridgehead atoms. The maximum atomic E-state index is 10.3. The number of rotatable bonds is 3. The summed E-state index contributed by atoms with van der Waals surface area (Å²) < 4.78 is 10.4. The molecule has 0 saturated carbocycles. The molecule has 9 atom stereocenters. The number of hydrogen-bond donors (Lipinski definition) is 7. The van der Waals surface area contributed by atoms with Gasteiger partial charge in [-0.25, -0.2) is 0 Å². The smallest absolute Gasteiger partial charge is 0.228 e. The Bertz CT molecular complexity index is 474. The first-order valence-corrected chi connectivity index (χ1v) is 7.33. The highest BCUT2D eigenvalue weighted by atomic mass is 16.7. The Labute approximate surface area is 131 Å². The highest BCUT2D eigenvalue weighted by molar-refractivity contribution is 5.11. The monoisotopic (exact) mass is 335 g/mol. The Morgan fingerprint density at radius 1 is 1.09 bits per heavy atom. The third-order valence-electron chi connectivity index (χ3n) is 4.75. The number of hydrogen-bond acceptors (Lipinski definition) is 10. The first kappa shape index (κ1) is 16.9. The Hall–Kier alpha value is -0.980. The summed E-state index contributed by atoms with van der Waals surface area (Å²) in [4.78, 5) is 1.55. The van der Waals surface area contributed by atoms with E-state index in [2.05, 4.69) is 0 Å². The standard InChI is InChI=1S/C13H21NO9/c15-2-4-8(17)11(20)7-10(19)6(1-14(4)7)23-13-12(21)9(18)5(16)3-22-13/h3-4,6-13,15-21H,1-2H2/t4-,6+,7-,8-,9?,10-,11-,12?,13-/m1/s1. The fourth-order valence-corrected chi connectivity index (χ4v) is 3.47. The molecule has 2 saturated heterocycles. The van der Waals surface area contributed by atoms with Crippen molar-refractivity contribution in [3.63, 3.8) is 0 Å². The lowest BCUT2D eigenvalue weighted by Crippen LogP contribution is -2.49. The average Bonchev–Trinajstić information content (AvgIpc) is 2.96. The van der Waals surface area contributed by atoms with Crippen molar-refractivity contribution in [3.05, 3.63) is 12.0 Å². The Morgan fingerprint density at radius 3 is 2.43 bits per heavy atom. The van der Waals surface area contributed by atoms with Crippen LogP contribution in [0.3, 0.4) is 0 Å². The van der Waals surface area contributed by atoms with Crippen molar-refractivity contribution in [1.29, 1.82) is 0 Å². The van der Waals surface area contributed by atoms with Gasteiger partial charge in [0.05, 0.1) is 37.0 Å². The Morgan fingerprint density at radius 2 is 1.78 bits per heavy atom. The van der Waals surface area contributed by atoms with E-state index in [1.54, 1.807) is 4.90 Å². The van der Waals surface area contributed by atoms with Crippen LogP contribution < -0.4 is 0 Å². The van der Waals surface area contributed by atoms with E-state index in [-0.39, 0.29) is 6.54 Å². The molecule has 3 aliphatic rings. The fraction of sp³-hybridized carbons (Fsp3) is 0.846. The van der Waals surface area contributed by atoms with Gasteiger partial charge < -0.3 is 45.2 Å². The lowest BCUT2D eigenvalue weighted by molar-refractivity contribution is -0.233. The van der Waals surface area contributed by atoms with Crippen molar-refractivity contribution in [2.75, 3.05) is 13.2 Å². The minimum absolute atomic E-state index is 0.0869. The number of aliphatic hydroxyl groups excluding tert-OH is 7. The summed E-state index contributed by atoms with van der Waals surface area (Å²) in [5, 5.41) is 68.2. The Balaban J connectivity index is 1.70. The van der Waals surface area contributed by atoms with E-state index in [9.17, 15) is 35.7 Å². The largest absolute Gasteiger partial charge is 0.506 e. The van der Waals surface area contributed by atoms with Gasteiger partial charge in [-0.2, -0.15) is 0 Å². The molecule has 0 spiro atoms. The number of ether oxygens (including phenoxy) is 2. The third-order valence-corrected chi connectivity index (χ3v) is 4.75. The molecule has 23 heavy (non-hydrogen) atoms. The topological polar surface area (TPSA) is 163 Å².